The molecule has 0 radical (unpaired) electrons. The van der Waals surface area contributed by atoms with Crippen LogP contribution in [-0.2, 0) is 4.79 Å². The van der Waals surface area contributed by atoms with E-state index in [9.17, 15) is 9.18 Å². The molecule has 0 saturated heterocycles. The summed E-state index contributed by atoms with van der Waals surface area (Å²) in [6.07, 6.45) is 0. The minimum Gasteiger partial charge on any atom is -0.368 e. The molecule has 86 valence electrons. The Kier molecular flexibility index (Phi) is 2.33. The average Bonchev–Trinajstić information content (AvgIpc) is 2.81. The Morgan fingerprint density at radius 1 is 1.24 bits per heavy atom. The van der Waals surface area contributed by atoms with Crippen molar-refractivity contribution in [2.24, 2.45) is 0 Å². The van der Waals surface area contributed by atoms with Gasteiger partial charge in [-0.2, -0.15) is 0 Å². The lowest BCUT2D eigenvalue weighted by Gasteiger charge is -2.26. The summed E-state index contributed by atoms with van der Waals surface area (Å²) in [5.41, 5.74) is 1.23. The lowest BCUT2D eigenvalue weighted by atomic mass is 10.1. The van der Waals surface area contributed by atoms with Crippen LogP contribution < -0.4 is 10.6 Å². The monoisotopic (exact) mass is 248 g/mol. The zero-order valence-electron chi connectivity index (χ0n) is 8.74. The van der Waals surface area contributed by atoms with Gasteiger partial charge in [-0.3, -0.25) is 4.79 Å². The van der Waals surface area contributed by atoms with Crippen LogP contribution in [0.4, 0.5) is 15.8 Å². The molecule has 0 spiro atoms. The van der Waals surface area contributed by atoms with E-state index in [1.54, 1.807) is 6.07 Å². The van der Waals surface area contributed by atoms with E-state index in [1.165, 1.54) is 23.5 Å². The molecule has 1 aromatic heterocycles. The maximum Gasteiger partial charge on any atom is 0.252 e. The fourth-order valence-electron chi connectivity index (χ4n) is 1.83. The number of anilines is 2. The van der Waals surface area contributed by atoms with E-state index in [4.69, 9.17) is 0 Å². The van der Waals surface area contributed by atoms with E-state index in [1.807, 2.05) is 17.5 Å². The second-order valence-electron chi connectivity index (χ2n) is 3.77. The number of carbonyl (C=O) groups is 1. The molecule has 1 aliphatic rings. The van der Waals surface area contributed by atoms with Crippen LogP contribution in [0.5, 0.6) is 0 Å². The van der Waals surface area contributed by atoms with Gasteiger partial charge in [-0.15, -0.1) is 11.3 Å². The Labute approximate surface area is 101 Å². The average molecular weight is 248 g/mol. The fraction of sp³-hybridized carbons (Fsp3) is 0.0833. The van der Waals surface area contributed by atoms with Gasteiger partial charge in [0.05, 0.1) is 11.4 Å². The topological polar surface area (TPSA) is 41.1 Å². The molecule has 2 N–H and O–H groups in total. The summed E-state index contributed by atoms with van der Waals surface area (Å²) in [6, 6.07) is 7.71. The van der Waals surface area contributed by atoms with Gasteiger partial charge < -0.3 is 10.6 Å². The molecule has 1 atom stereocenters. The van der Waals surface area contributed by atoms with Gasteiger partial charge in [-0.25, -0.2) is 4.39 Å². The van der Waals surface area contributed by atoms with Gasteiger partial charge in [0.15, 0.2) is 0 Å². The minimum atomic E-state index is -0.395. The predicted molar refractivity (Wildman–Crippen MR) is 65.7 cm³/mol. The van der Waals surface area contributed by atoms with Crippen molar-refractivity contribution < 1.29 is 9.18 Å². The number of halogens is 1. The molecular weight excluding hydrogens is 239 g/mol. The first-order valence-corrected chi connectivity index (χ1v) is 6.02. The number of amides is 1. The standard InChI is InChI=1S/C12H9FN2OS/c13-7-3-4-8-9(6-7)15-12(16)11(14-8)10-2-1-5-17-10/h1-6,11,14H,(H,15,16). The number of rotatable bonds is 1. The van der Waals surface area contributed by atoms with Crippen LogP contribution in [-0.4, -0.2) is 5.91 Å². The van der Waals surface area contributed by atoms with E-state index in [2.05, 4.69) is 10.6 Å². The molecule has 0 bridgehead atoms. The normalized spacial score (nSPS) is 18.2. The largest absolute Gasteiger partial charge is 0.368 e. The van der Waals surface area contributed by atoms with Crippen molar-refractivity contribution in [2.45, 2.75) is 6.04 Å². The van der Waals surface area contributed by atoms with Gasteiger partial charge in [-0.05, 0) is 29.6 Å². The molecule has 1 aromatic carbocycles. The van der Waals surface area contributed by atoms with E-state index >= 15 is 0 Å². The van der Waals surface area contributed by atoms with Crippen LogP contribution in [0.2, 0.25) is 0 Å². The van der Waals surface area contributed by atoms with E-state index < -0.39 is 6.04 Å². The SMILES string of the molecule is O=C1Nc2cc(F)ccc2NC1c1cccs1. The Morgan fingerprint density at radius 3 is 2.88 bits per heavy atom. The molecule has 17 heavy (non-hydrogen) atoms. The quantitative estimate of drug-likeness (QED) is 0.814. The molecule has 0 fully saturated rings. The second-order valence-corrected chi connectivity index (χ2v) is 4.75. The first-order valence-electron chi connectivity index (χ1n) is 5.14. The van der Waals surface area contributed by atoms with Gasteiger partial charge in [0.1, 0.15) is 11.9 Å². The minimum absolute atomic E-state index is 0.162. The molecule has 1 aliphatic heterocycles. The lowest BCUT2D eigenvalue weighted by Crippen LogP contribution is -2.31. The summed E-state index contributed by atoms with van der Waals surface area (Å²) >= 11 is 1.51. The maximum absolute atomic E-state index is 13.0. The molecule has 0 saturated carbocycles. The Hall–Kier alpha value is -1.88. The highest BCUT2D eigenvalue weighted by Crippen LogP contribution is 2.34. The Balaban J connectivity index is 1.98. The van der Waals surface area contributed by atoms with Crippen molar-refractivity contribution in [1.29, 1.82) is 0 Å². The van der Waals surface area contributed by atoms with Crippen molar-refractivity contribution in [1.82, 2.24) is 0 Å². The predicted octanol–water partition coefficient (Wildman–Crippen LogP) is 2.99. The Morgan fingerprint density at radius 2 is 2.12 bits per heavy atom. The van der Waals surface area contributed by atoms with Crippen molar-refractivity contribution in [3.8, 4) is 0 Å². The van der Waals surface area contributed by atoms with Gasteiger partial charge in [0.25, 0.3) is 5.91 Å². The number of nitrogens with one attached hydrogen (secondary N) is 2. The summed E-state index contributed by atoms with van der Waals surface area (Å²) < 4.78 is 13.0. The third kappa shape index (κ3) is 1.78. The lowest BCUT2D eigenvalue weighted by molar-refractivity contribution is -0.117. The number of carbonyl (C=O) groups excluding carboxylic acids is 1. The first kappa shape index (κ1) is 10.3. The summed E-state index contributed by atoms with van der Waals surface area (Å²) in [4.78, 5) is 12.8. The van der Waals surface area contributed by atoms with Crippen molar-refractivity contribution >= 4 is 28.6 Å². The molecule has 0 aliphatic carbocycles. The Bertz CT molecular complexity index is 568. The fourth-order valence-corrected chi connectivity index (χ4v) is 2.60. The molecule has 1 amide bonds. The third-order valence-corrected chi connectivity index (χ3v) is 3.57. The molecule has 2 heterocycles. The summed E-state index contributed by atoms with van der Waals surface area (Å²) in [5.74, 6) is -0.522. The van der Waals surface area contributed by atoms with Crippen LogP contribution >= 0.6 is 11.3 Å². The first-order chi connectivity index (χ1) is 8.24. The number of hydrogen-bond donors (Lipinski definition) is 2. The number of fused-ring (bicyclic) bond motifs is 1. The number of benzene rings is 1. The highest BCUT2D eigenvalue weighted by atomic mass is 32.1. The zero-order chi connectivity index (χ0) is 11.8. The molecule has 3 nitrogen and oxygen atoms in total. The van der Waals surface area contributed by atoms with Gasteiger partial charge >= 0.3 is 0 Å². The van der Waals surface area contributed by atoms with Gasteiger partial charge in [-0.1, -0.05) is 6.07 Å². The van der Waals surface area contributed by atoms with Crippen LogP contribution in [0.25, 0.3) is 0 Å². The maximum atomic E-state index is 13.0. The number of thiophene rings is 1. The second kappa shape index (κ2) is 3.85. The van der Waals surface area contributed by atoms with Crippen LogP contribution in [0.15, 0.2) is 35.7 Å². The van der Waals surface area contributed by atoms with Crippen LogP contribution in [0.3, 0.4) is 0 Å². The zero-order valence-corrected chi connectivity index (χ0v) is 9.55. The summed E-state index contributed by atoms with van der Waals surface area (Å²) in [7, 11) is 0. The van der Waals surface area contributed by atoms with E-state index in [0.717, 1.165) is 10.6 Å². The van der Waals surface area contributed by atoms with Gasteiger partial charge in [0.2, 0.25) is 0 Å². The molecule has 1 unspecified atom stereocenters. The highest BCUT2D eigenvalue weighted by molar-refractivity contribution is 7.10. The highest BCUT2D eigenvalue weighted by Gasteiger charge is 2.27. The van der Waals surface area contributed by atoms with Crippen LogP contribution in [0, 0.1) is 5.82 Å². The van der Waals surface area contributed by atoms with Crippen molar-refractivity contribution in [3.63, 3.8) is 0 Å². The number of hydrogen-bond acceptors (Lipinski definition) is 3. The van der Waals surface area contributed by atoms with Crippen molar-refractivity contribution in [3.05, 3.63) is 46.4 Å². The van der Waals surface area contributed by atoms with E-state index in [-0.39, 0.29) is 11.7 Å². The van der Waals surface area contributed by atoms with Gasteiger partial charge in [0, 0.05) is 4.88 Å². The molecule has 5 heteroatoms. The van der Waals surface area contributed by atoms with E-state index in [0.29, 0.717) is 5.69 Å². The summed E-state index contributed by atoms with van der Waals surface area (Å²) in [5, 5.41) is 7.73. The molecule has 2 aromatic rings. The van der Waals surface area contributed by atoms with Crippen LogP contribution in [0.1, 0.15) is 10.9 Å². The molecular formula is C12H9FN2OS. The smallest absolute Gasteiger partial charge is 0.252 e. The summed E-state index contributed by atoms with van der Waals surface area (Å²) in [6.45, 7) is 0. The van der Waals surface area contributed by atoms with Crippen molar-refractivity contribution in [2.75, 3.05) is 10.6 Å². The third-order valence-electron chi connectivity index (χ3n) is 2.63. The molecule has 3 rings (SSSR count).